The molecule has 0 saturated heterocycles. The van der Waals surface area contributed by atoms with Crippen LogP contribution in [0.1, 0.15) is 16.7 Å². The van der Waals surface area contributed by atoms with Gasteiger partial charge in [-0.3, -0.25) is 0 Å². The SMILES string of the molecule is Cc1ccc([C@](C)(N)C(F)(F)CO)s1. The molecular weight excluding hydrogens is 208 g/mol. The largest absolute Gasteiger partial charge is 0.390 e. The van der Waals surface area contributed by atoms with E-state index >= 15 is 0 Å². The van der Waals surface area contributed by atoms with Crippen molar-refractivity contribution in [2.75, 3.05) is 6.61 Å². The van der Waals surface area contributed by atoms with Crippen molar-refractivity contribution in [2.24, 2.45) is 5.73 Å². The number of aryl methyl sites for hydroxylation is 1. The minimum absolute atomic E-state index is 0.383. The molecule has 0 bridgehead atoms. The van der Waals surface area contributed by atoms with Crippen molar-refractivity contribution in [1.29, 1.82) is 0 Å². The summed E-state index contributed by atoms with van der Waals surface area (Å²) in [4.78, 5) is 1.31. The molecule has 14 heavy (non-hydrogen) atoms. The lowest BCUT2D eigenvalue weighted by Gasteiger charge is -2.31. The number of alkyl halides is 2. The number of aliphatic hydroxyl groups excluding tert-OH is 1. The number of nitrogens with two attached hydrogens (primary N) is 1. The second-order valence-corrected chi connectivity index (χ2v) is 4.76. The van der Waals surface area contributed by atoms with Crippen LogP contribution < -0.4 is 5.73 Å². The molecule has 1 heterocycles. The summed E-state index contributed by atoms with van der Waals surface area (Å²) in [6.07, 6.45) is 0. The first-order chi connectivity index (χ1) is 6.31. The second-order valence-electron chi connectivity index (χ2n) is 3.48. The maximum absolute atomic E-state index is 13.3. The van der Waals surface area contributed by atoms with E-state index in [1.54, 1.807) is 12.1 Å². The second kappa shape index (κ2) is 3.56. The summed E-state index contributed by atoms with van der Waals surface area (Å²) in [7, 11) is 0. The standard InChI is InChI=1S/C9H13F2NOS/c1-6-3-4-7(14-6)8(2,12)9(10,11)5-13/h3-4,13H,5,12H2,1-2H3/t8-/m0/s1. The molecule has 1 atom stereocenters. The highest BCUT2D eigenvalue weighted by Gasteiger charge is 2.48. The summed E-state index contributed by atoms with van der Waals surface area (Å²) in [6, 6.07) is 3.31. The fraction of sp³-hybridized carbons (Fsp3) is 0.556. The van der Waals surface area contributed by atoms with Gasteiger partial charge >= 0.3 is 0 Å². The average Bonchev–Trinajstić information content (AvgIpc) is 2.52. The third-order valence-electron chi connectivity index (χ3n) is 2.21. The fourth-order valence-corrected chi connectivity index (χ4v) is 2.04. The molecule has 0 radical (unpaired) electrons. The molecule has 80 valence electrons. The molecule has 2 nitrogen and oxygen atoms in total. The van der Waals surface area contributed by atoms with Crippen LogP contribution >= 0.6 is 11.3 Å². The van der Waals surface area contributed by atoms with Gasteiger partial charge in [0.2, 0.25) is 0 Å². The highest BCUT2D eigenvalue weighted by atomic mass is 32.1. The summed E-state index contributed by atoms with van der Waals surface area (Å²) in [6.45, 7) is 1.81. The summed E-state index contributed by atoms with van der Waals surface area (Å²) >= 11 is 1.22. The Bertz CT molecular complexity index is 322. The lowest BCUT2D eigenvalue weighted by atomic mass is 9.93. The molecule has 3 N–H and O–H groups in total. The molecule has 1 aromatic rings. The Hall–Kier alpha value is -0.520. The van der Waals surface area contributed by atoms with Gasteiger partial charge in [0.25, 0.3) is 5.92 Å². The van der Waals surface area contributed by atoms with Gasteiger partial charge in [0.15, 0.2) is 0 Å². The molecule has 0 fully saturated rings. The normalized spacial score (nSPS) is 16.7. The van der Waals surface area contributed by atoms with E-state index in [2.05, 4.69) is 0 Å². The van der Waals surface area contributed by atoms with E-state index in [0.29, 0.717) is 4.88 Å². The molecule has 0 aliphatic heterocycles. The van der Waals surface area contributed by atoms with E-state index in [-0.39, 0.29) is 0 Å². The third-order valence-corrected chi connectivity index (χ3v) is 3.45. The predicted molar refractivity (Wildman–Crippen MR) is 52.6 cm³/mol. The number of hydrogen-bond acceptors (Lipinski definition) is 3. The monoisotopic (exact) mass is 221 g/mol. The van der Waals surface area contributed by atoms with Crippen LogP contribution in [-0.2, 0) is 5.54 Å². The fourth-order valence-electron chi connectivity index (χ4n) is 1.06. The van der Waals surface area contributed by atoms with Crippen molar-refractivity contribution in [1.82, 2.24) is 0 Å². The van der Waals surface area contributed by atoms with Crippen LogP contribution in [0.4, 0.5) is 8.78 Å². The predicted octanol–water partition coefficient (Wildman–Crippen LogP) is 1.86. The van der Waals surface area contributed by atoms with Crippen molar-refractivity contribution < 1.29 is 13.9 Å². The topological polar surface area (TPSA) is 46.2 Å². The summed E-state index contributed by atoms with van der Waals surface area (Å²) in [5.74, 6) is -3.30. The van der Waals surface area contributed by atoms with Gasteiger partial charge in [-0.05, 0) is 26.0 Å². The van der Waals surface area contributed by atoms with E-state index in [1.807, 2.05) is 6.92 Å². The van der Waals surface area contributed by atoms with Crippen LogP contribution in [0.2, 0.25) is 0 Å². The van der Waals surface area contributed by atoms with Crippen LogP contribution in [0.3, 0.4) is 0 Å². The molecule has 0 unspecified atom stereocenters. The molecule has 1 aromatic heterocycles. The Labute approximate surface area is 85.4 Å². The van der Waals surface area contributed by atoms with E-state index in [0.717, 1.165) is 4.88 Å². The average molecular weight is 221 g/mol. The highest BCUT2D eigenvalue weighted by molar-refractivity contribution is 7.12. The van der Waals surface area contributed by atoms with E-state index in [9.17, 15) is 8.78 Å². The first-order valence-electron chi connectivity index (χ1n) is 4.16. The van der Waals surface area contributed by atoms with Gasteiger partial charge in [0.1, 0.15) is 12.1 Å². The van der Waals surface area contributed by atoms with Gasteiger partial charge < -0.3 is 10.8 Å². The maximum atomic E-state index is 13.3. The minimum Gasteiger partial charge on any atom is -0.390 e. The van der Waals surface area contributed by atoms with Crippen LogP contribution in [-0.4, -0.2) is 17.6 Å². The number of hydrogen-bond donors (Lipinski definition) is 2. The number of halogens is 2. The number of aliphatic hydroxyl groups is 1. The zero-order valence-electron chi connectivity index (χ0n) is 8.05. The molecule has 0 aliphatic carbocycles. The Kier molecular flexibility index (Phi) is 2.94. The lowest BCUT2D eigenvalue weighted by molar-refractivity contribution is -0.107. The Balaban J connectivity index is 3.07. The first kappa shape index (κ1) is 11.6. The van der Waals surface area contributed by atoms with E-state index in [4.69, 9.17) is 10.8 Å². The molecule has 0 aromatic carbocycles. The molecule has 0 amide bonds. The van der Waals surface area contributed by atoms with Gasteiger partial charge in [0, 0.05) is 9.75 Å². The van der Waals surface area contributed by atoms with Crippen molar-refractivity contribution in [2.45, 2.75) is 25.3 Å². The quantitative estimate of drug-likeness (QED) is 0.818. The third kappa shape index (κ3) is 1.80. The highest BCUT2D eigenvalue weighted by Crippen LogP contribution is 2.37. The zero-order chi connectivity index (χ0) is 11.0. The smallest absolute Gasteiger partial charge is 0.292 e. The summed E-state index contributed by atoms with van der Waals surface area (Å²) in [5.41, 5.74) is 3.74. The molecule has 0 saturated carbocycles. The van der Waals surface area contributed by atoms with Crippen LogP contribution in [0.5, 0.6) is 0 Å². The van der Waals surface area contributed by atoms with Gasteiger partial charge in [0.05, 0.1) is 0 Å². The van der Waals surface area contributed by atoms with Crippen LogP contribution in [0.15, 0.2) is 12.1 Å². The molecule has 0 spiro atoms. The van der Waals surface area contributed by atoms with E-state index < -0.39 is 18.1 Å². The number of rotatable bonds is 3. The maximum Gasteiger partial charge on any atom is 0.292 e. The summed E-state index contributed by atoms with van der Waals surface area (Å²) in [5, 5.41) is 8.57. The number of thiophene rings is 1. The van der Waals surface area contributed by atoms with Crippen molar-refractivity contribution in [3.63, 3.8) is 0 Å². The van der Waals surface area contributed by atoms with Crippen molar-refractivity contribution in [3.05, 3.63) is 21.9 Å². The van der Waals surface area contributed by atoms with Crippen LogP contribution in [0.25, 0.3) is 0 Å². The van der Waals surface area contributed by atoms with Gasteiger partial charge in [-0.1, -0.05) is 0 Å². The Morgan fingerprint density at radius 3 is 2.43 bits per heavy atom. The van der Waals surface area contributed by atoms with Crippen molar-refractivity contribution >= 4 is 11.3 Å². The van der Waals surface area contributed by atoms with Crippen molar-refractivity contribution in [3.8, 4) is 0 Å². The Morgan fingerprint density at radius 2 is 2.07 bits per heavy atom. The Morgan fingerprint density at radius 1 is 1.50 bits per heavy atom. The lowest BCUT2D eigenvalue weighted by Crippen LogP contribution is -2.52. The molecule has 1 rings (SSSR count). The zero-order valence-corrected chi connectivity index (χ0v) is 8.87. The first-order valence-corrected chi connectivity index (χ1v) is 4.97. The van der Waals surface area contributed by atoms with Gasteiger partial charge in [-0.15, -0.1) is 11.3 Å². The van der Waals surface area contributed by atoms with E-state index in [1.165, 1.54) is 18.3 Å². The molecular formula is C9H13F2NOS. The van der Waals surface area contributed by atoms with Gasteiger partial charge in [-0.25, -0.2) is 8.78 Å². The van der Waals surface area contributed by atoms with Gasteiger partial charge in [-0.2, -0.15) is 0 Å². The van der Waals surface area contributed by atoms with Crippen LogP contribution in [0, 0.1) is 6.92 Å². The summed E-state index contributed by atoms with van der Waals surface area (Å²) < 4.78 is 26.5. The molecule has 5 heteroatoms. The molecule has 0 aliphatic rings. The minimum atomic E-state index is -3.30.